The normalized spacial score (nSPS) is 11.4. The van der Waals surface area contributed by atoms with E-state index in [0.29, 0.717) is 6.54 Å². The highest BCUT2D eigenvalue weighted by atomic mass is 28.4. The van der Waals surface area contributed by atoms with Gasteiger partial charge < -0.3 is 10.2 Å². The summed E-state index contributed by atoms with van der Waals surface area (Å²) in [4.78, 5) is 0. The third-order valence-corrected chi connectivity index (χ3v) is 2.44. The molecule has 0 aromatic heterocycles. The molecular weight excluding hydrogens is 178 g/mol. The molecule has 1 rings (SSSR count). The van der Waals surface area contributed by atoms with Crippen molar-refractivity contribution >= 4 is 8.32 Å². The van der Waals surface area contributed by atoms with E-state index in [0.717, 1.165) is 11.3 Å². The fourth-order valence-corrected chi connectivity index (χ4v) is 1.96. The largest absolute Gasteiger partial charge is 0.544 e. The number of hydrogen-bond acceptors (Lipinski definition) is 2. The summed E-state index contributed by atoms with van der Waals surface area (Å²) in [7, 11) is -1.50. The van der Waals surface area contributed by atoms with Gasteiger partial charge in [0.05, 0.1) is 0 Å². The molecule has 3 heteroatoms. The highest BCUT2D eigenvalue weighted by Crippen LogP contribution is 2.20. The van der Waals surface area contributed by atoms with Gasteiger partial charge in [-0.2, -0.15) is 0 Å². The zero-order chi connectivity index (χ0) is 9.90. The molecule has 0 unspecified atom stereocenters. The maximum atomic E-state index is 5.88. The summed E-state index contributed by atoms with van der Waals surface area (Å²) in [5.41, 5.74) is 6.69. The molecule has 0 aliphatic heterocycles. The maximum Gasteiger partial charge on any atom is 0.242 e. The van der Waals surface area contributed by atoms with E-state index in [9.17, 15) is 0 Å². The zero-order valence-electron chi connectivity index (χ0n) is 8.50. The molecule has 0 aliphatic carbocycles. The van der Waals surface area contributed by atoms with Crippen LogP contribution in [0.3, 0.4) is 0 Å². The summed E-state index contributed by atoms with van der Waals surface area (Å²) in [5.74, 6) is 0.948. The van der Waals surface area contributed by atoms with Gasteiger partial charge in [-0.05, 0) is 25.7 Å². The Labute approximate surface area is 80.8 Å². The van der Waals surface area contributed by atoms with E-state index in [1.807, 2.05) is 24.3 Å². The molecular formula is C10H17NOSi. The van der Waals surface area contributed by atoms with Crippen molar-refractivity contribution in [2.24, 2.45) is 5.73 Å². The second-order valence-electron chi connectivity index (χ2n) is 4.03. The SMILES string of the molecule is C[Si](C)(C)Oc1ccccc1CN. The average molecular weight is 195 g/mol. The summed E-state index contributed by atoms with van der Waals surface area (Å²) in [5, 5.41) is 0. The Hall–Kier alpha value is -0.803. The van der Waals surface area contributed by atoms with Gasteiger partial charge in [0.2, 0.25) is 8.32 Å². The van der Waals surface area contributed by atoms with E-state index >= 15 is 0 Å². The Morgan fingerprint density at radius 1 is 1.23 bits per heavy atom. The molecule has 0 saturated carbocycles. The van der Waals surface area contributed by atoms with E-state index in [1.54, 1.807) is 0 Å². The summed E-state index contributed by atoms with van der Waals surface area (Å²) in [6, 6.07) is 7.96. The fraction of sp³-hybridized carbons (Fsp3) is 0.400. The number of hydrogen-bond donors (Lipinski definition) is 1. The number of nitrogens with two attached hydrogens (primary N) is 1. The number of para-hydroxylation sites is 1. The molecule has 2 nitrogen and oxygen atoms in total. The van der Waals surface area contributed by atoms with Crippen LogP contribution >= 0.6 is 0 Å². The third-order valence-electron chi connectivity index (χ3n) is 1.61. The van der Waals surface area contributed by atoms with Gasteiger partial charge in [-0.25, -0.2) is 0 Å². The quantitative estimate of drug-likeness (QED) is 0.751. The van der Waals surface area contributed by atoms with E-state index in [4.69, 9.17) is 10.2 Å². The molecule has 0 radical (unpaired) electrons. The second kappa shape index (κ2) is 3.94. The minimum atomic E-state index is -1.50. The molecule has 0 saturated heterocycles. The molecule has 0 heterocycles. The van der Waals surface area contributed by atoms with Gasteiger partial charge in [-0.15, -0.1) is 0 Å². The van der Waals surface area contributed by atoms with Gasteiger partial charge >= 0.3 is 0 Å². The lowest BCUT2D eigenvalue weighted by Gasteiger charge is -2.21. The van der Waals surface area contributed by atoms with Gasteiger partial charge in [-0.1, -0.05) is 18.2 Å². The molecule has 0 aliphatic rings. The van der Waals surface area contributed by atoms with Crippen molar-refractivity contribution in [2.75, 3.05) is 0 Å². The predicted molar refractivity (Wildman–Crippen MR) is 58.3 cm³/mol. The Balaban J connectivity index is 2.87. The van der Waals surface area contributed by atoms with E-state index in [1.165, 1.54) is 0 Å². The van der Waals surface area contributed by atoms with Crippen molar-refractivity contribution in [3.8, 4) is 5.75 Å². The van der Waals surface area contributed by atoms with Gasteiger partial charge in [0, 0.05) is 12.1 Å². The van der Waals surface area contributed by atoms with Crippen LogP contribution in [0.2, 0.25) is 19.6 Å². The predicted octanol–water partition coefficient (Wildman–Crippen LogP) is 2.36. The van der Waals surface area contributed by atoms with E-state index in [-0.39, 0.29) is 0 Å². The highest BCUT2D eigenvalue weighted by molar-refractivity contribution is 6.70. The maximum absolute atomic E-state index is 5.88. The smallest absolute Gasteiger partial charge is 0.242 e. The lowest BCUT2D eigenvalue weighted by atomic mass is 10.2. The Kier molecular flexibility index (Phi) is 3.11. The molecule has 72 valence electrons. The second-order valence-corrected chi connectivity index (χ2v) is 8.46. The third kappa shape index (κ3) is 3.20. The molecule has 0 bridgehead atoms. The first-order valence-electron chi connectivity index (χ1n) is 4.50. The van der Waals surface area contributed by atoms with Gasteiger partial charge in [0.15, 0.2) is 0 Å². The lowest BCUT2D eigenvalue weighted by Crippen LogP contribution is -2.29. The van der Waals surface area contributed by atoms with Crippen molar-refractivity contribution in [3.05, 3.63) is 29.8 Å². The molecule has 13 heavy (non-hydrogen) atoms. The number of benzene rings is 1. The van der Waals surface area contributed by atoms with Crippen LogP contribution in [-0.2, 0) is 6.54 Å². The van der Waals surface area contributed by atoms with Crippen LogP contribution in [0.15, 0.2) is 24.3 Å². The van der Waals surface area contributed by atoms with Crippen molar-refractivity contribution in [2.45, 2.75) is 26.2 Å². The Morgan fingerprint density at radius 2 is 1.85 bits per heavy atom. The monoisotopic (exact) mass is 195 g/mol. The van der Waals surface area contributed by atoms with Crippen LogP contribution in [0.4, 0.5) is 0 Å². The van der Waals surface area contributed by atoms with Crippen LogP contribution in [0.25, 0.3) is 0 Å². The number of rotatable bonds is 3. The molecule has 1 aromatic carbocycles. The van der Waals surface area contributed by atoms with Gasteiger partial charge in [0.1, 0.15) is 5.75 Å². The van der Waals surface area contributed by atoms with E-state index < -0.39 is 8.32 Å². The summed E-state index contributed by atoms with van der Waals surface area (Å²) in [6.45, 7) is 7.04. The van der Waals surface area contributed by atoms with Crippen LogP contribution < -0.4 is 10.2 Å². The van der Waals surface area contributed by atoms with Crippen LogP contribution in [0.1, 0.15) is 5.56 Å². The minimum Gasteiger partial charge on any atom is -0.544 e. The highest BCUT2D eigenvalue weighted by Gasteiger charge is 2.17. The summed E-state index contributed by atoms with van der Waals surface area (Å²) >= 11 is 0. The first-order chi connectivity index (χ1) is 6.03. The van der Waals surface area contributed by atoms with Gasteiger partial charge in [0.25, 0.3) is 0 Å². The molecule has 0 spiro atoms. The molecule has 0 amide bonds. The molecule has 0 atom stereocenters. The van der Waals surface area contributed by atoms with Crippen LogP contribution in [-0.4, -0.2) is 8.32 Å². The lowest BCUT2D eigenvalue weighted by molar-refractivity contribution is 0.549. The molecule has 0 fully saturated rings. The Morgan fingerprint density at radius 3 is 2.38 bits per heavy atom. The van der Waals surface area contributed by atoms with Crippen LogP contribution in [0.5, 0.6) is 5.75 Å². The standard InChI is InChI=1S/C10H17NOSi/c1-13(2,3)12-10-7-5-4-6-9(10)8-11/h4-7H,8,11H2,1-3H3. The summed E-state index contributed by atoms with van der Waals surface area (Å²) < 4.78 is 5.88. The molecule has 1 aromatic rings. The van der Waals surface area contributed by atoms with E-state index in [2.05, 4.69) is 19.6 Å². The Bertz CT molecular complexity index is 280. The van der Waals surface area contributed by atoms with Crippen molar-refractivity contribution in [1.82, 2.24) is 0 Å². The van der Waals surface area contributed by atoms with Crippen LogP contribution in [0, 0.1) is 0 Å². The van der Waals surface area contributed by atoms with Crippen molar-refractivity contribution in [3.63, 3.8) is 0 Å². The summed E-state index contributed by atoms with van der Waals surface area (Å²) in [6.07, 6.45) is 0. The molecule has 2 N–H and O–H groups in total. The first-order valence-corrected chi connectivity index (χ1v) is 7.91. The zero-order valence-corrected chi connectivity index (χ0v) is 9.50. The van der Waals surface area contributed by atoms with Gasteiger partial charge in [-0.3, -0.25) is 0 Å². The van der Waals surface area contributed by atoms with Crippen molar-refractivity contribution < 1.29 is 4.43 Å². The van der Waals surface area contributed by atoms with Crippen molar-refractivity contribution in [1.29, 1.82) is 0 Å². The fourth-order valence-electron chi connectivity index (χ4n) is 1.10. The minimum absolute atomic E-state index is 0.542. The topological polar surface area (TPSA) is 35.2 Å². The average Bonchev–Trinajstić information content (AvgIpc) is 2.02. The first kappa shape index (κ1) is 10.3.